The van der Waals surface area contributed by atoms with E-state index in [1.54, 1.807) is 6.08 Å². The third-order valence-electron chi connectivity index (χ3n) is 7.98. The monoisotopic (exact) mass is 497 g/mol. The Morgan fingerprint density at radius 3 is 2.65 bits per heavy atom. The summed E-state index contributed by atoms with van der Waals surface area (Å²) in [5, 5.41) is 2.64. The van der Waals surface area contributed by atoms with Crippen molar-refractivity contribution in [1.29, 1.82) is 0 Å². The molecule has 1 unspecified atom stereocenters. The third kappa shape index (κ3) is 5.30. The molecule has 3 aromatic rings. The minimum atomic E-state index is 0.114. The Balaban J connectivity index is 1.03. The Hall–Kier alpha value is -3.51. The van der Waals surface area contributed by atoms with E-state index in [1.165, 1.54) is 22.9 Å². The first kappa shape index (κ1) is 23.9. The zero-order valence-corrected chi connectivity index (χ0v) is 21.4. The fourth-order valence-electron chi connectivity index (χ4n) is 5.90. The van der Waals surface area contributed by atoms with Crippen molar-refractivity contribution in [2.45, 2.75) is 31.7 Å². The van der Waals surface area contributed by atoms with Gasteiger partial charge in [-0.3, -0.25) is 9.69 Å². The summed E-state index contributed by atoms with van der Waals surface area (Å²) in [6.45, 7) is 6.36. The quantitative estimate of drug-likeness (QED) is 0.440. The number of likely N-dealkylation sites (tertiary alicyclic amines) is 1. The number of carbonyl (C=O) groups excluding carboxylic acids is 1. The molecule has 0 bridgehead atoms. The van der Waals surface area contributed by atoms with Gasteiger partial charge in [-0.15, -0.1) is 0 Å². The minimum Gasteiger partial charge on any atom is -0.454 e. The molecule has 0 aromatic heterocycles. The fourth-order valence-corrected chi connectivity index (χ4v) is 5.90. The van der Waals surface area contributed by atoms with E-state index in [-0.39, 0.29) is 12.7 Å². The second kappa shape index (κ2) is 10.9. The molecule has 3 aliphatic rings. The van der Waals surface area contributed by atoms with Crippen LogP contribution in [0.4, 0.5) is 5.69 Å². The molecule has 2 saturated heterocycles. The van der Waals surface area contributed by atoms with Crippen LogP contribution in [-0.4, -0.2) is 67.8 Å². The van der Waals surface area contributed by atoms with Crippen molar-refractivity contribution in [3.8, 4) is 11.5 Å². The van der Waals surface area contributed by atoms with Crippen LogP contribution in [0.5, 0.6) is 11.5 Å². The van der Waals surface area contributed by atoms with E-state index in [9.17, 15) is 4.79 Å². The van der Waals surface area contributed by atoms with Gasteiger partial charge in [-0.05, 0) is 60.9 Å². The van der Waals surface area contributed by atoms with Crippen molar-refractivity contribution in [2.24, 2.45) is 0 Å². The normalized spacial score (nSPS) is 20.2. The Kier molecular flexibility index (Phi) is 7.00. The van der Waals surface area contributed by atoms with E-state index in [4.69, 9.17) is 9.47 Å². The SMILES string of the molecule is O=C(C=Cc1ccc2c(c1)OCO2)N1CCCCC1CCN1CCN(c2cccc3ccccc23)CC1. The number of piperazine rings is 1. The van der Waals surface area contributed by atoms with E-state index in [0.29, 0.717) is 6.04 Å². The topological polar surface area (TPSA) is 45.3 Å². The summed E-state index contributed by atoms with van der Waals surface area (Å²) in [6.07, 6.45) is 8.04. The van der Waals surface area contributed by atoms with Crippen LogP contribution >= 0.6 is 0 Å². The summed E-state index contributed by atoms with van der Waals surface area (Å²) < 4.78 is 10.8. The lowest BCUT2D eigenvalue weighted by atomic mass is 9.98. The first-order valence-electron chi connectivity index (χ1n) is 13.6. The first-order valence-corrected chi connectivity index (χ1v) is 13.6. The Bertz CT molecular complexity index is 1280. The molecule has 3 heterocycles. The van der Waals surface area contributed by atoms with Crippen LogP contribution in [0, 0.1) is 0 Å². The van der Waals surface area contributed by atoms with E-state index < -0.39 is 0 Å². The van der Waals surface area contributed by atoms with Crippen LogP contribution < -0.4 is 14.4 Å². The largest absolute Gasteiger partial charge is 0.454 e. The average Bonchev–Trinajstić information content (AvgIpc) is 3.43. The Labute approximate surface area is 219 Å². The van der Waals surface area contributed by atoms with Crippen LogP contribution in [-0.2, 0) is 4.79 Å². The van der Waals surface area contributed by atoms with Gasteiger partial charge in [-0.25, -0.2) is 0 Å². The standard InChI is InChI=1S/C31H35N3O3/c35-31(14-12-24-11-13-29-30(22-24)37-23-36-29)34-16-4-3-8-26(34)15-17-32-18-20-33(21-19-32)28-10-5-7-25-6-1-2-9-27(25)28/h1-2,5-7,9-14,22,26H,3-4,8,15-21,23H2. The Morgan fingerprint density at radius 2 is 1.73 bits per heavy atom. The number of hydrogen-bond acceptors (Lipinski definition) is 5. The van der Waals surface area contributed by atoms with Gasteiger partial charge in [0.15, 0.2) is 11.5 Å². The van der Waals surface area contributed by atoms with Crippen molar-refractivity contribution in [1.82, 2.24) is 9.80 Å². The van der Waals surface area contributed by atoms with Crippen molar-refractivity contribution in [2.75, 3.05) is 51.0 Å². The highest BCUT2D eigenvalue weighted by atomic mass is 16.7. The molecule has 192 valence electrons. The Morgan fingerprint density at radius 1 is 0.892 bits per heavy atom. The second-order valence-corrected chi connectivity index (χ2v) is 10.2. The van der Waals surface area contributed by atoms with Gasteiger partial charge in [0.25, 0.3) is 0 Å². The highest BCUT2D eigenvalue weighted by Crippen LogP contribution is 2.33. The fraction of sp³-hybridized carbons (Fsp3) is 0.387. The molecule has 6 heteroatoms. The maximum Gasteiger partial charge on any atom is 0.246 e. The molecular weight excluding hydrogens is 462 g/mol. The zero-order valence-electron chi connectivity index (χ0n) is 21.4. The van der Waals surface area contributed by atoms with Crippen LogP contribution in [0.1, 0.15) is 31.2 Å². The number of nitrogens with zero attached hydrogens (tertiary/aromatic N) is 3. The highest BCUT2D eigenvalue weighted by molar-refractivity contribution is 5.94. The molecule has 6 rings (SSSR count). The molecule has 0 N–H and O–H groups in total. The number of hydrogen-bond donors (Lipinski definition) is 0. The minimum absolute atomic E-state index is 0.114. The number of amides is 1. The molecule has 0 radical (unpaired) electrons. The second-order valence-electron chi connectivity index (χ2n) is 10.2. The molecule has 37 heavy (non-hydrogen) atoms. The van der Waals surface area contributed by atoms with Crippen LogP contribution in [0.15, 0.2) is 66.7 Å². The van der Waals surface area contributed by atoms with E-state index >= 15 is 0 Å². The summed E-state index contributed by atoms with van der Waals surface area (Å²) in [7, 11) is 0. The smallest absolute Gasteiger partial charge is 0.246 e. The number of anilines is 1. The van der Waals surface area contributed by atoms with Crippen molar-refractivity contribution in [3.05, 3.63) is 72.3 Å². The number of benzene rings is 3. The predicted octanol–water partition coefficient (Wildman–Crippen LogP) is 5.18. The molecule has 1 amide bonds. The zero-order chi connectivity index (χ0) is 25.0. The van der Waals surface area contributed by atoms with Gasteiger partial charge in [-0.2, -0.15) is 0 Å². The van der Waals surface area contributed by atoms with Crippen LogP contribution in [0.25, 0.3) is 16.8 Å². The molecule has 3 aliphatic heterocycles. The van der Waals surface area contributed by atoms with Gasteiger partial charge in [0.2, 0.25) is 12.7 Å². The molecule has 0 aliphatic carbocycles. The maximum atomic E-state index is 13.1. The van der Waals surface area contributed by atoms with Gasteiger partial charge >= 0.3 is 0 Å². The van der Waals surface area contributed by atoms with Crippen LogP contribution in [0.2, 0.25) is 0 Å². The number of rotatable bonds is 6. The predicted molar refractivity (Wildman–Crippen MR) is 148 cm³/mol. The molecule has 3 aromatic carbocycles. The first-order chi connectivity index (χ1) is 18.2. The summed E-state index contributed by atoms with van der Waals surface area (Å²) in [5.74, 6) is 1.62. The lowest BCUT2D eigenvalue weighted by molar-refractivity contribution is -0.129. The summed E-state index contributed by atoms with van der Waals surface area (Å²) in [5.41, 5.74) is 2.30. The van der Waals surface area contributed by atoms with Crippen molar-refractivity contribution < 1.29 is 14.3 Å². The molecule has 0 spiro atoms. The molecule has 0 saturated carbocycles. The van der Waals surface area contributed by atoms with E-state index in [1.807, 2.05) is 24.3 Å². The lowest BCUT2D eigenvalue weighted by Crippen LogP contribution is -2.49. The third-order valence-corrected chi connectivity index (χ3v) is 7.98. The van der Waals surface area contributed by atoms with Gasteiger partial charge in [0, 0.05) is 62.5 Å². The number of fused-ring (bicyclic) bond motifs is 2. The van der Waals surface area contributed by atoms with Gasteiger partial charge in [0.1, 0.15) is 0 Å². The summed E-state index contributed by atoms with van der Waals surface area (Å²) in [6, 6.07) is 21.4. The van der Waals surface area contributed by atoms with Crippen molar-refractivity contribution in [3.63, 3.8) is 0 Å². The molecule has 2 fully saturated rings. The summed E-state index contributed by atoms with van der Waals surface area (Å²) in [4.78, 5) is 20.3. The van der Waals surface area contributed by atoms with Gasteiger partial charge in [-0.1, -0.05) is 42.5 Å². The molecule has 1 atom stereocenters. The lowest BCUT2D eigenvalue weighted by Gasteiger charge is -2.39. The number of ether oxygens (including phenoxy) is 2. The molecular formula is C31H35N3O3. The van der Waals surface area contributed by atoms with Gasteiger partial charge < -0.3 is 19.3 Å². The molecule has 6 nitrogen and oxygen atoms in total. The van der Waals surface area contributed by atoms with Crippen LogP contribution in [0.3, 0.4) is 0 Å². The van der Waals surface area contributed by atoms with Crippen molar-refractivity contribution >= 4 is 28.4 Å². The average molecular weight is 498 g/mol. The highest BCUT2D eigenvalue weighted by Gasteiger charge is 2.27. The maximum absolute atomic E-state index is 13.1. The van der Waals surface area contributed by atoms with Gasteiger partial charge in [0.05, 0.1) is 0 Å². The van der Waals surface area contributed by atoms with E-state index in [0.717, 1.165) is 75.6 Å². The number of piperidine rings is 1. The summed E-state index contributed by atoms with van der Waals surface area (Å²) >= 11 is 0. The number of carbonyl (C=O) groups is 1. The van der Waals surface area contributed by atoms with E-state index in [2.05, 4.69) is 57.2 Å².